The molecule has 8 heteroatoms. The van der Waals surface area contributed by atoms with E-state index in [1.54, 1.807) is 12.1 Å². The lowest BCUT2D eigenvalue weighted by Gasteiger charge is -2.27. The third-order valence-corrected chi connectivity index (χ3v) is 4.18. The monoisotopic (exact) mass is 365 g/mol. The first-order chi connectivity index (χ1) is 13.3. The molecular formula is C19H19N5O3. The molecule has 2 N–H and O–H groups in total. The number of ether oxygens (including phenoxy) is 1. The van der Waals surface area contributed by atoms with E-state index in [1.165, 1.54) is 6.26 Å². The van der Waals surface area contributed by atoms with E-state index >= 15 is 0 Å². The molecule has 0 bridgehead atoms. The highest BCUT2D eigenvalue weighted by Gasteiger charge is 2.13. The van der Waals surface area contributed by atoms with Gasteiger partial charge in [-0.3, -0.25) is 5.32 Å². The molecule has 0 saturated carbocycles. The Morgan fingerprint density at radius 3 is 2.44 bits per heavy atom. The van der Waals surface area contributed by atoms with Crippen LogP contribution in [-0.4, -0.2) is 42.5 Å². The van der Waals surface area contributed by atoms with Gasteiger partial charge in [0.05, 0.1) is 25.2 Å². The maximum absolute atomic E-state index is 11.9. The number of carbonyl (C=O) groups excluding carboxylic acids is 1. The lowest BCUT2D eigenvalue weighted by molar-refractivity contribution is 0.122. The number of aromatic nitrogens is 2. The average Bonchev–Trinajstić information content (AvgIpc) is 3.22. The minimum atomic E-state index is -0.368. The quantitative estimate of drug-likeness (QED) is 0.737. The summed E-state index contributed by atoms with van der Waals surface area (Å²) in [6.07, 6.45) is 1.50. The van der Waals surface area contributed by atoms with Crippen LogP contribution in [0.2, 0.25) is 0 Å². The van der Waals surface area contributed by atoms with Crippen molar-refractivity contribution in [3.8, 4) is 11.3 Å². The molecule has 1 fully saturated rings. The maximum atomic E-state index is 11.9. The standard InChI is InChI=1S/C19H19N5O3/c25-19(21-18-2-1-11-27-18)20-15-5-3-14(4-6-15)16-7-8-17(23-22-16)24-9-12-26-13-10-24/h1-8,11H,9-10,12-13H2,(H2,20,21,25). The van der Waals surface area contributed by atoms with Crippen LogP contribution in [0.3, 0.4) is 0 Å². The van der Waals surface area contributed by atoms with Crippen molar-refractivity contribution in [3.63, 3.8) is 0 Å². The van der Waals surface area contributed by atoms with Crippen LogP contribution < -0.4 is 15.5 Å². The number of benzene rings is 1. The van der Waals surface area contributed by atoms with Crippen molar-refractivity contribution in [2.45, 2.75) is 0 Å². The third kappa shape index (κ3) is 4.24. The van der Waals surface area contributed by atoms with E-state index in [2.05, 4.69) is 25.7 Å². The fourth-order valence-electron chi connectivity index (χ4n) is 2.79. The first-order valence-corrected chi connectivity index (χ1v) is 8.66. The van der Waals surface area contributed by atoms with Crippen molar-refractivity contribution >= 4 is 23.4 Å². The molecule has 2 aromatic heterocycles. The van der Waals surface area contributed by atoms with Crippen LogP contribution in [0.15, 0.2) is 59.2 Å². The lowest BCUT2D eigenvalue weighted by Crippen LogP contribution is -2.36. The summed E-state index contributed by atoms with van der Waals surface area (Å²) in [5, 5.41) is 14.0. The van der Waals surface area contributed by atoms with Crippen LogP contribution in [-0.2, 0) is 4.74 Å². The molecule has 0 spiro atoms. The highest BCUT2D eigenvalue weighted by molar-refractivity contribution is 5.99. The Morgan fingerprint density at radius 1 is 0.963 bits per heavy atom. The number of furan rings is 1. The van der Waals surface area contributed by atoms with Gasteiger partial charge in [-0.2, -0.15) is 0 Å². The summed E-state index contributed by atoms with van der Waals surface area (Å²) in [6.45, 7) is 3.08. The molecular weight excluding hydrogens is 346 g/mol. The van der Waals surface area contributed by atoms with Gasteiger partial charge in [0, 0.05) is 30.4 Å². The summed E-state index contributed by atoms with van der Waals surface area (Å²) in [5.74, 6) is 1.25. The van der Waals surface area contributed by atoms with Crippen molar-refractivity contribution < 1.29 is 13.9 Å². The van der Waals surface area contributed by atoms with Crippen molar-refractivity contribution in [3.05, 3.63) is 54.8 Å². The normalized spacial score (nSPS) is 14.0. The summed E-state index contributed by atoms with van der Waals surface area (Å²) in [6, 6.07) is 14.3. The number of anilines is 3. The highest BCUT2D eigenvalue weighted by atomic mass is 16.5. The van der Waals surface area contributed by atoms with Gasteiger partial charge in [0.1, 0.15) is 0 Å². The minimum Gasteiger partial charge on any atom is -0.449 e. The van der Waals surface area contributed by atoms with Crippen molar-refractivity contribution in [1.29, 1.82) is 0 Å². The van der Waals surface area contributed by atoms with Crippen LogP contribution in [0.4, 0.5) is 22.2 Å². The van der Waals surface area contributed by atoms with Crippen molar-refractivity contribution in [2.75, 3.05) is 41.8 Å². The van der Waals surface area contributed by atoms with Gasteiger partial charge in [-0.05, 0) is 30.3 Å². The summed E-state index contributed by atoms with van der Waals surface area (Å²) in [5.41, 5.74) is 2.37. The molecule has 8 nitrogen and oxygen atoms in total. The van der Waals surface area contributed by atoms with E-state index in [4.69, 9.17) is 9.15 Å². The largest absolute Gasteiger partial charge is 0.449 e. The van der Waals surface area contributed by atoms with E-state index in [-0.39, 0.29) is 6.03 Å². The predicted molar refractivity (Wildman–Crippen MR) is 102 cm³/mol. The van der Waals surface area contributed by atoms with E-state index in [9.17, 15) is 4.79 Å². The van der Waals surface area contributed by atoms with Crippen LogP contribution in [0.1, 0.15) is 0 Å². The second-order valence-corrected chi connectivity index (χ2v) is 6.01. The number of rotatable bonds is 4. The molecule has 2 amide bonds. The van der Waals surface area contributed by atoms with E-state index in [0.29, 0.717) is 24.8 Å². The fraction of sp³-hybridized carbons (Fsp3) is 0.211. The summed E-state index contributed by atoms with van der Waals surface area (Å²) < 4.78 is 10.4. The molecule has 0 unspecified atom stereocenters. The number of hydrogen-bond donors (Lipinski definition) is 2. The summed E-state index contributed by atoms with van der Waals surface area (Å²) >= 11 is 0. The molecule has 27 heavy (non-hydrogen) atoms. The zero-order valence-electron chi connectivity index (χ0n) is 14.6. The molecule has 0 radical (unpaired) electrons. The van der Waals surface area contributed by atoms with Gasteiger partial charge in [-0.15, -0.1) is 10.2 Å². The highest BCUT2D eigenvalue weighted by Crippen LogP contribution is 2.21. The molecule has 4 rings (SSSR count). The second kappa shape index (κ2) is 7.88. The second-order valence-electron chi connectivity index (χ2n) is 6.01. The molecule has 3 heterocycles. The lowest BCUT2D eigenvalue weighted by atomic mass is 10.1. The van der Waals surface area contributed by atoms with E-state index < -0.39 is 0 Å². The van der Waals surface area contributed by atoms with Crippen LogP contribution >= 0.6 is 0 Å². The maximum Gasteiger partial charge on any atom is 0.326 e. The molecule has 1 aliphatic heterocycles. The molecule has 0 aliphatic carbocycles. The van der Waals surface area contributed by atoms with Gasteiger partial charge in [0.25, 0.3) is 0 Å². The molecule has 1 saturated heterocycles. The zero-order valence-corrected chi connectivity index (χ0v) is 14.6. The SMILES string of the molecule is O=C(Nc1ccc(-c2ccc(N3CCOCC3)nn2)cc1)Nc1ccco1. The summed E-state index contributed by atoms with van der Waals surface area (Å²) in [4.78, 5) is 14.1. The third-order valence-electron chi connectivity index (χ3n) is 4.18. The first-order valence-electron chi connectivity index (χ1n) is 8.66. The number of morpholine rings is 1. The molecule has 138 valence electrons. The van der Waals surface area contributed by atoms with Gasteiger partial charge >= 0.3 is 6.03 Å². The topological polar surface area (TPSA) is 92.5 Å². The van der Waals surface area contributed by atoms with Gasteiger partial charge in [0.15, 0.2) is 5.82 Å². The van der Waals surface area contributed by atoms with Crippen molar-refractivity contribution in [1.82, 2.24) is 10.2 Å². The Morgan fingerprint density at radius 2 is 1.78 bits per heavy atom. The Kier molecular flexibility index (Phi) is 4.97. The predicted octanol–water partition coefficient (Wildman–Crippen LogP) is 3.22. The Balaban J connectivity index is 1.38. The van der Waals surface area contributed by atoms with Crippen molar-refractivity contribution in [2.24, 2.45) is 0 Å². The van der Waals surface area contributed by atoms with Gasteiger partial charge in [-0.25, -0.2) is 4.79 Å². The Labute approximate surface area is 156 Å². The van der Waals surface area contributed by atoms with Gasteiger partial charge in [0.2, 0.25) is 5.88 Å². The van der Waals surface area contributed by atoms with E-state index in [1.807, 2.05) is 36.4 Å². The number of carbonyl (C=O) groups is 1. The number of urea groups is 1. The molecule has 1 aromatic carbocycles. The number of nitrogens with zero attached hydrogens (tertiary/aromatic N) is 3. The van der Waals surface area contributed by atoms with Gasteiger partial charge in [-0.1, -0.05) is 12.1 Å². The Bertz CT molecular complexity index is 873. The number of amides is 2. The first kappa shape index (κ1) is 17.0. The fourth-order valence-corrected chi connectivity index (χ4v) is 2.79. The molecule has 1 aliphatic rings. The summed E-state index contributed by atoms with van der Waals surface area (Å²) in [7, 11) is 0. The molecule has 0 atom stereocenters. The number of hydrogen-bond acceptors (Lipinski definition) is 6. The average molecular weight is 365 g/mol. The van der Waals surface area contributed by atoms with Gasteiger partial charge < -0.3 is 19.4 Å². The number of nitrogens with one attached hydrogen (secondary N) is 2. The van der Waals surface area contributed by atoms with Crippen LogP contribution in [0.25, 0.3) is 11.3 Å². The zero-order chi connectivity index (χ0) is 18.5. The van der Waals surface area contributed by atoms with E-state index in [0.717, 1.165) is 30.2 Å². The van der Waals surface area contributed by atoms with Crippen LogP contribution in [0, 0.1) is 0 Å². The molecule has 3 aromatic rings. The van der Waals surface area contributed by atoms with Crippen LogP contribution in [0.5, 0.6) is 0 Å². The smallest absolute Gasteiger partial charge is 0.326 e. The Hall–Kier alpha value is -3.39. The minimum absolute atomic E-state index is 0.368.